The molecule has 1 aromatic carbocycles. The van der Waals surface area contributed by atoms with E-state index in [1.54, 1.807) is 22.9 Å². The van der Waals surface area contributed by atoms with Gasteiger partial charge < -0.3 is 4.74 Å². The molecule has 0 aliphatic rings. The van der Waals surface area contributed by atoms with Gasteiger partial charge in [0.15, 0.2) is 6.61 Å². The Kier molecular flexibility index (Phi) is 5.81. The predicted molar refractivity (Wildman–Crippen MR) is 89.7 cm³/mol. The minimum Gasteiger partial charge on any atom is -0.484 e. The van der Waals surface area contributed by atoms with Gasteiger partial charge in [0.25, 0.3) is 11.8 Å². The van der Waals surface area contributed by atoms with Crippen molar-refractivity contribution in [3.05, 3.63) is 46.2 Å². The van der Waals surface area contributed by atoms with Crippen LogP contribution in [0.3, 0.4) is 0 Å². The molecule has 128 valence electrons. The van der Waals surface area contributed by atoms with Gasteiger partial charge in [-0.15, -0.1) is 0 Å². The molecule has 1 heterocycles. The highest BCUT2D eigenvalue weighted by molar-refractivity contribution is 6.31. The molecule has 2 N–H and O–H groups in total. The highest BCUT2D eigenvalue weighted by Crippen LogP contribution is 2.20. The van der Waals surface area contributed by atoms with E-state index in [1.807, 2.05) is 26.8 Å². The lowest BCUT2D eigenvalue weighted by Gasteiger charge is -2.10. The van der Waals surface area contributed by atoms with Crippen LogP contribution in [0.5, 0.6) is 5.75 Å². The van der Waals surface area contributed by atoms with Crippen LogP contribution in [0, 0.1) is 20.8 Å². The number of benzene rings is 1. The zero-order chi connectivity index (χ0) is 17.7. The highest BCUT2D eigenvalue weighted by Gasteiger charge is 2.09. The maximum absolute atomic E-state index is 11.8. The second-order valence-corrected chi connectivity index (χ2v) is 5.79. The fourth-order valence-corrected chi connectivity index (χ4v) is 2.16. The third-order valence-corrected chi connectivity index (χ3v) is 3.66. The number of halogens is 1. The van der Waals surface area contributed by atoms with Crippen molar-refractivity contribution >= 4 is 23.4 Å². The maximum Gasteiger partial charge on any atom is 0.276 e. The lowest BCUT2D eigenvalue weighted by molar-refractivity contribution is -0.130. The highest BCUT2D eigenvalue weighted by atomic mass is 35.5. The van der Waals surface area contributed by atoms with E-state index >= 15 is 0 Å². The second-order valence-electron chi connectivity index (χ2n) is 5.38. The summed E-state index contributed by atoms with van der Waals surface area (Å²) in [5.41, 5.74) is 7.17. The van der Waals surface area contributed by atoms with Gasteiger partial charge in [0.1, 0.15) is 12.3 Å². The number of hydrogen-bond acceptors (Lipinski definition) is 4. The Hall–Kier alpha value is -2.54. The lowest BCUT2D eigenvalue weighted by atomic mass is 10.2. The van der Waals surface area contributed by atoms with Crippen molar-refractivity contribution in [3.63, 3.8) is 0 Å². The molecule has 0 radical (unpaired) electrons. The largest absolute Gasteiger partial charge is 0.484 e. The minimum atomic E-state index is -0.468. The molecule has 0 saturated heterocycles. The molecule has 0 bridgehead atoms. The Morgan fingerprint density at radius 2 is 1.88 bits per heavy atom. The van der Waals surface area contributed by atoms with Crippen LogP contribution >= 0.6 is 11.6 Å². The summed E-state index contributed by atoms with van der Waals surface area (Å²) in [4.78, 5) is 23.5. The average Bonchev–Trinajstić information content (AvgIpc) is 2.84. The molecule has 0 saturated carbocycles. The van der Waals surface area contributed by atoms with Crippen molar-refractivity contribution in [1.29, 1.82) is 0 Å². The number of ether oxygens (including phenoxy) is 1. The number of hydrogen-bond donors (Lipinski definition) is 2. The SMILES string of the molecule is Cc1cc(C)n(CC(=O)NNC(=O)COc2ccc(Cl)c(C)c2)n1. The Labute approximate surface area is 144 Å². The fourth-order valence-electron chi connectivity index (χ4n) is 2.04. The number of carbonyl (C=O) groups is 2. The number of nitrogens with zero attached hydrogens (tertiary/aromatic N) is 2. The molecule has 2 rings (SSSR count). The third-order valence-electron chi connectivity index (χ3n) is 3.24. The molecular formula is C16H19ClN4O3. The Morgan fingerprint density at radius 1 is 1.17 bits per heavy atom. The summed E-state index contributed by atoms with van der Waals surface area (Å²) < 4.78 is 6.90. The second kappa shape index (κ2) is 7.83. The number of carbonyl (C=O) groups excluding carboxylic acids is 2. The molecule has 1 aromatic heterocycles. The number of rotatable bonds is 5. The summed E-state index contributed by atoms with van der Waals surface area (Å²) in [6.45, 7) is 5.35. The van der Waals surface area contributed by atoms with Gasteiger partial charge in [-0.2, -0.15) is 5.10 Å². The Bertz CT molecular complexity index is 758. The number of aryl methyl sites for hydroxylation is 3. The molecule has 7 nitrogen and oxygen atoms in total. The van der Waals surface area contributed by atoms with E-state index in [0.717, 1.165) is 17.0 Å². The lowest BCUT2D eigenvalue weighted by Crippen LogP contribution is -2.45. The molecule has 0 aliphatic carbocycles. The maximum atomic E-state index is 11.8. The van der Waals surface area contributed by atoms with Gasteiger partial charge in [-0.05, 0) is 50.6 Å². The quantitative estimate of drug-likeness (QED) is 0.803. The van der Waals surface area contributed by atoms with Gasteiger partial charge in [-0.1, -0.05) is 11.6 Å². The van der Waals surface area contributed by atoms with Crippen LogP contribution in [0.4, 0.5) is 0 Å². The molecule has 0 fully saturated rings. The molecule has 0 unspecified atom stereocenters. The number of aromatic nitrogens is 2. The first-order valence-corrected chi connectivity index (χ1v) is 7.70. The Balaban J connectivity index is 1.75. The van der Waals surface area contributed by atoms with E-state index in [4.69, 9.17) is 16.3 Å². The minimum absolute atomic E-state index is 0.0250. The zero-order valence-electron chi connectivity index (χ0n) is 13.7. The van der Waals surface area contributed by atoms with Gasteiger partial charge in [0.2, 0.25) is 0 Å². The molecule has 2 aromatic rings. The van der Waals surface area contributed by atoms with E-state index in [9.17, 15) is 9.59 Å². The molecule has 24 heavy (non-hydrogen) atoms. The van der Waals surface area contributed by atoms with Crippen LogP contribution in [0.2, 0.25) is 5.02 Å². The molecule has 0 spiro atoms. The van der Waals surface area contributed by atoms with E-state index < -0.39 is 5.91 Å². The fraction of sp³-hybridized carbons (Fsp3) is 0.312. The first kappa shape index (κ1) is 17.8. The van der Waals surface area contributed by atoms with Crippen molar-refractivity contribution in [2.45, 2.75) is 27.3 Å². The van der Waals surface area contributed by atoms with Crippen molar-refractivity contribution in [2.24, 2.45) is 0 Å². The van der Waals surface area contributed by atoms with Gasteiger partial charge in [0, 0.05) is 10.7 Å². The first-order valence-electron chi connectivity index (χ1n) is 7.33. The summed E-state index contributed by atoms with van der Waals surface area (Å²) in [6.07, 6.45) is 0. The van der Waals surface area contributed by atoms with E-state index in [-0.39, 0.29) is 19.1 Å². The van der Waals surface area contributed by atoms with Gasteiger partial charge >= 0.3 is 0 Å². The molecule has 0 aliphatic heterocycles. The van der Waals surface area contributed by atoms with Gasteiger partial charge in [0.05, 0.1) is 5.69 Å². The smallest absolute Gasteiger partial charge is 0.276 e. The van der Waals surface area contributed by atoms with Crippen LogP contribution in [-0.2, 0) is 16.1 Å². The van der Waals surface area contributed by atoms with Crippen molar-refractivity contribution in [1.82, 2.24) is 20.6 Å². The van der Waals surface area contributed by atoms with Crippen molar-refractivity contribution in [2.75, 3.05) is 6.61 Å². The molecule has 8 heteroatoms. The molecule has 2 amide bonds. The van der Waals surface area contributed by atoms with Crippen molar-refractivity contribution in [3.8, 4) is 5.75 Å². The van der Waals surface area contributed by atoms with Crippen LogP contribution in [0.15, 0.2) is 24.3 Å². The number of amides is 2. The third kappa shape index (κ3) is 4.99. The molecular weight excluding hydrogens is 332 g/mol. The van der Waals surface area contributed by atoms with E-state index in [0.29, 0.717) is 10.8 Å². The number of nitrogens with one attached hydrogen (secondary N) is 2. The van der Waals surface area contributed by atoms with Gasteiger partial charge in [-0.25, -0.2) is 0 Å². The summed E-state index contributed by atoms with van der Waals surface area (Å²) >= 11 is 5.92. The summed E-state index contributed by atoms with van der Waals surface area (Å²) in [6, 6.07) is 6.97. The predicted octanol–water partition coefficient (Wildman–Crippen LogP) is 1.69. The van der Waals surface area contributed by atoms with Crippen LogP contribution in [0.25, 0.3) is 0 Å². The van der Waals surface area contributed by atoms with Crippen LogP contribution in [-0.4, -0.2) is 28.2 Å². The topological polar surface area (TPSA) is 85.2 Å². The van der Waals surface area contributed by atoms with Crippen LogP contribution in [0.1, 0.15) is 17.0 Å². The molecule has 0 atom stereocenters. The van der Waals surface area contributed by atoms with Crippen LogP contribution < -0.4 is 15.6 Å². The normalized spacial score (nSPS) is 10.3. The monoisotopic (exact) mass is 350 g/mol. The zero-order valence-corrected chi connectivity index (χ0v) is 14.5. The first-order chi connectivity index (χ1) is 11.3. The summed E-state index contributed by atoms with van der Waals surface area (Å²) in [5, 5.41) is 4.80. The number of hydrazine groups is 1. The summed E-state index contributed by atoms with van der Waals surface area (Å²) in [7, 11) is 0. The van der Waals surface area contributed by atoms with Crippen molar-refractivity contribution < 1.29 is 14.3 Å². The Morgan fingerprint density at radius 3 is 2.50 bits per heavy atom. The van der Waals surface area contributed by atoms with E-state index in [1.165, 1.54) is 0 Å². The van der Waals surface area contributed by atoms with Gasteiger partial charge in [-0.3, -0.25) is 25.1 Å². The standard InChI is InChI=1S/C16H19ClN4O3/c1-10-6-13(4-5-14(10)17)24-9-16(23)19-18-15(22)8-21-12(3)7-11(2)20-21/h4-7H,8-9H2,1-3H3,(H,18,22)(H,19,23). The van der Waals surface area contributed by atoms with E-state index in [2.05, 4.69) is 16.0 Å². The average molecular weight is 351 g/mol. The summed E-state index contributed by atoms with van der Waals surface area (Å²) in [5.74, 6) is -0.317.